The van der Waals surface area contributed by atoms with Crippen molar-refractivity contribution in [2.45, 2.75) is 26.8 Å². The van der Waals surface area contributed by atoms with Crippen LogP contribution < -0.4 is 10.1 Å². The molecule has 0 aromatic heterocycles. The minimum atomic E-state index is 0.235. The van der Waals surface area contributed by atoms with Crippen LogP contribution in [0.3, 0.4) is 0 Å². The van der Waals surface area contributed by atoms with E-state index >= 15 is 0 Å². The molecule has 0 amide bonds. The zero-order chi connectivity index (χ0) is 12.7. The van der Waals surface area contributed by atoms with Crippen LogP contribution in [0.5, 0.6) is 5.75 Å². The summed E-state index contributed by atoms with van der Waals surface area (Å²) in [5.74, 6) is 0.890. The van der Waals surface area contributed by atoms with Crippen LogP contribution in [0.4, 0.5) is 0 Å². The molecule has 0 fully saturated rings. The number of ether oxygens (including phenoxy) is 1. The summed E-state index contributed by atoms with van der Waals surface area (Å²) in [5, 5.41) is 4.10. The molecule has 0 saturated heterocycles. The maximum absolute atomic E-state index is 6.03. The first-order chi connectivity index (χ1) is 8.19. The Balaban J connectivity index is 2.86. The van der Waals surface area contributed by atoms with Crippen molar-refractivity contribution in [1.82, 2.24) is 5.32 Å². The molecule has 1 aromatic carbocycles. The van der Waals surface area contributed by atoms with Gasteiger partial charge in [-0.2, -0.15) is 0 Å². The van der Waals surface area contributed by atoms with Gasteiger partial charge in [0.1, 0.15) is 12.4 Å². The molecule has 94 valence electrons. The van der Waals surface area contributed by atoms with E-state index in [2.05, 4.69) is 19.2 Å². The smallest absolute Gasteiger partial charge is 0.124 e. The van der Waals surface area contributed by atoms with Crippen molar-refractivity contribution in [1.29, 1.82) is 0 Å². The van der Waals surface area contributed by atoms with Gasteiger partial charge in [0.15, 0.2) is 0 Å². The molecule has 17 heavy (non-hydrogen) atoms. The molecule has 0 bridgehead atoms. The quantitative estimate of drug-likeness (QED) is 0.775. The van der Waals surface area contributed by atoms with E-state index in [0.717, 1.165) is 22.9 Å². The Labute approximate surface area is 109 Å². The third-order valence-corrected chi connectivity index (χ3v) is 2.75. The molecule has 0 aliphatic rings. The van der Waals surface area contributed by atoms with Crippen LogP contribution in [-0.4, -0.2) is 13.2 Å². The second kappa shape index (κ2) is 7.36. The van der Waals surface area contributed by atoms with Gasteiger partial charge in [0.25, 0.3) is 0 Å². The molecule has 1 unspecified atom stereocenters. The second-order valence-electron chi connectivity index (χ2n) is 3.84. The highest BCUT2D eigenvalue weighted by molar-refractivity contribution is 6.30. The fourth-order valence-corrected chi connectivity index (χ4v) is 1.82. The lowest BCUT2D eigenvalue weighted by molar-refractivity contribution is 0.354. The summed E-state index contributed by atoms with van der Waals surface area (Å²) in [6.07, 6.45) is 3.96. The summed E-state index contributed by atoms with van der Waals surface area (Å²) in [4.78, 5) is 0. The van der Waals surface area contributed by atoms with Crippen LogP contribution in [0, 0.1) is 0 Å². The van der Waals surface area contributed by atoms with Crippen molar-refractivity contribution in [3.05, 3.63) is 40.9 Å². The average molecular weight is 254 g/mol. The van der Waals surface area contributed by atoms with Gasteiger partial charge in [0.05, 0.1) is 0 Å². The van der Waals surface area contributed by atoms with Crippen molar-refractivity contribution in [2.24, 2.45) is 0 Å². The van der Waals surface area contributed by atoms with Crippen molar-refractivity contribution in [3.63, 3.8) is 0 Å². The van der Waals surface area contributed by atoms with Gasteiger partial charge in [0.2, 0.25) is 0 Å². The fraction of sp³-hybridized carbons (Fsp3) is 0.429. The van der Waals surface area contributed by atoms with Crippen molar-refractivity contribution >= 4 is 11.6 Å². The highest BCUT2D eigenvalue weighted by Gasteiger charge is 2.11. The molecular weight excluding hydrogens is 234 g/mol. The number of halogens is 1. The molecule has 1 N–H and O–H groups in total. The maximum Gasteiger partial charge on any atom is 0.124 e. The Morgan fingerprint density at radius 2 is 2.24 bits per heavy atom. The maximum atomic E-state index is 6.03. The molecule has 0 saturated carbocycles. The highest BCUT2D eigenvalue weighted by Crippen LogP contribution is 2.28. The lowest BCUT2D eigenvalue weighted by atomic mass is 10.1. The van der Waals surface area contributed by atoms with E-state index in [-0.39, 0.29) is 6.04 Å². The first-order valence-corrected chi connectivity index (χ1v) is 6.33. The molecule has 2 nitrogen and oxygen atoms in total. The van der Waals surface area contributed by atoms with E-state index < -0.39 is 0 Å². The summed E-state index contributed by atoms with van der Waals surface area (Å²) < 4.78 is 5.71. The van der Waals surface area contributed by atoms with Gasteiger partial charge in [0, 0.05) is 16.6 Å². The number of allylic oxidation sites excluding steroid dienone is 1. The first kappa shape index (κ1) is 14.1. The lowest BCUT2D eigenvalue weighted by Gasteiger charge is -2.17. The number of hydrogen-bond donors (Lipinski definition) is 1. The zero-order valence-corrected chi connectivity index (χ0v) is 11.4. The van der Waals surface area contributed by atoms with Gasteiger partial charge in [-0.3, -0.25) is 0 Å². The summed E-state index contributed by atoms with van der Waals surface area (Å²) >= 11 is 6.03. The van der Waals surface area contributed by atoms with E-state index in [1.165, 1.54) is 0 Å². The normalized spacial score (nSPS) is 12.9. The Bertz CT molecular complexity index is 376. The zero-order valence-electron chi connectivity index (χ0n) is 10.7. The summed E-state index contributed by atoms with van der Waals surface area (Å²) in [7, 11) is 0. The molecule has 0 spiro atoms. The minimum Gasteiger partial charge on any atom is -0.489 e. The second-order valence-corrected chi connectivity index (χ2v) is 4.28. The van der Waals surface area contributed by atoms with Crippen molar-refractivity contribution < 1.29 is 4.74 Å². The molecule has 3 heteroatoms. The summed E-state index contributed by atoms with van der Waals surface area (Å²) in [6.45, 7) is 7.68. The average Bonchev–Trinajstić information content (AvgIpc) is 2.31. The molecule has 1 aromatic rings. The predicted molar refractivity (Wildman–Crippen MR) is 73.9 cm³/mol. The van der Waals surface area contributed by atoms with Gasteiger partial charge in [-0.1, -0.05) is 30.7 Å². The first-order valence-electron chi connectivity index (χ1n) is 5.95. The predicted octanol–water partition coefficient (Wildman–Crippen LogP) is 3.97. The molecule has 0 radical (unpaired) electrons. The lowest BCUT2D eigenvalue weighted by Crippen LogP contribution is -2.18. The van der Waals surface area contributed by atoms with E-state index in [1.807, 2.05) is 37.3 Å². The van der Waals surface area contributed by atoms with E-state index in [0.29, 0.717) is 6.61 Å². The van der Waals surface area contributed by atoms with Gasteiger partial charge in [-0.15, -0.1) is 0 Å². The molecular formula is C14H20ClNO. The number of rotatable bonds is 6. The largest absolute Gasteiger partial charge is 0.489 e. The monoisotopic (exact) mass is 253 g/mol. The molecule has 1 rings (SSSR count). The Hall–Kier alpha value is -0.990. The molecule has 0 heterocycles. The molecule has 0 aliphatic heterocycles. The third kappa shape index (κ3) is 4.41. The number of benzene rings is 1. The number of hydrogen-bond acceptors (Lipinski definition) is 2. The molecule has 1 atom stereocenters. The summed E-state index contributed by atoms with van der Waals surface area (Å²) in [5.41, 5.74) is 1.10. The van der Waals surface area contributed by atoms with Gasteiger partial charge >= 0.3 is 0 Å². The van der Waals surface area contributed by atoms with Crippen LogP contribution in [0.25, 0.3) is 0 Å². The number of nitrogens with one attached hydrogen (secondary N) is 1. The minimum absolute atomic E-state index is 0.235. The Morgan fingerprint density at radius 1 is 1.47 bits per heavy atom. The topological polar surface area (TPSA) is 21.3 Å². The standard InChI is InChI=1S/C14H20ClNO/c1-4-6-9-17-14-8-7-12(15)10-13(14)11(3)16-5-2/h4,6-8,10-11,16H,5,9H2,1-3H3. The van der Waals surface area contributed by atoms with E-state index in [9.17, 15) is 0 Å². The Kier molecular flexibility index (Phi) is 6.09. The SMILES string of the molecule is CC=CCOc1ccc(Cl)cc1C(C)NCC. The van der Waals surface area contributed by atoms with Crippen LogP contribution in [0.2, 0.25) is 5.02 Å². The highest BCUT2D eigenvalue weighted by atomic mass is 35.5. The van der Waals surface area contributed by atoms with Crippen LogP contribution in [-0.2, 0) is 0 Å². The van der Waals surface area contributed by atoms with Crippen LogP contribution >= 0.6 is 11.6 Å². The van der Waals surface area contributed by atoms with Gasteiger partial charge in [-0.05, 0) is 38.6 Å². The van der Waals surface area contributed by atoms with E-state index in [4.69, 9.17) is 16.3 Å². The van der Waals surface area contributed by atoms with Crippen molar-refractivity contribution in [3.8, 4) is 5.75 Å². The van der Waals surface area contributed by atoms with Crippen LogP contribution in [0.15, 0.2) is 30.4 Å². The van der Waals surface area contributed by atoms with Gasteiger partial charge in [-0.25, -0.2) is 0 Å². The van der Waals surface area contributed by atoms with E-state index in [1.54, 1.807) is 0 Å². The fourth-order valence-electron chi connectivity index (χ4n) is 1.64. The summed E-state index contributed by atoms with van der Waals surface area (Å²) in [6, 6.07) is 5.98. The van der Waals surface area contributed by atoms with Crippen molar-refractivity contribution in [2.75, 3.05) is 13.2 Å². The third-order valence-electron chi connectivity index (χ3n) is 2.52. The van der Waals surface area contributed by atoms with Crippen LogP contribution in [0.1, 0.15) is 32.4 Å². The molecule has 0 aliphatic carbocycles. The Morgan fingerprint density at radius 3 is 2.88 bits per heavy atom. The van der Waals surface area contributed by atoms with Gasteiger partial charge < -0.3 is 10.1 Å².